The fraction of sp³-hybridized carbons (Fsp3) is 0.556. The summed E-state index contributed by atoms with van der Waals surface area (Å²) < 4.78 is 44.3. The zero-order chi connectivity index (χ0) is 28.4. The van der Waals surface area contributed by atoms with Crippen molar-refractivity contribution in [1.82, 2.24) is 20.2 Å². The average Bonchev–Trinajstić information content (AvgIpc) is 3.41. The molecule has 40 heavy (non-hydrogen) atoms. The normalized spacial score (nSPS) is 19.4. The molecule has 2 amide bonds. The van der Waals surface area contributed by atoms with Gasteiger partial charge in [0.05, 0.1) is 11.9 Å². The van der Waals surface area contributed by atoms with Crippen molar-refractivity contribution in [3.8, 4) is 5.75 Å². The lowest BCUT2D eigenvalue weighted by Gasteiger charge is -2.30. The minimum atomic E-state index is -4.98. The summed E-state index contributed by atoms with van der Waals surface area (Å²) in [5.74, 6) is -0.470. The minimum Gasteiger partial charge on any atom is -0.404 e. The fourth-order valence-electron chi connectivity index (χ4n) is 5.59. The Bertz CT molecular complexity index is 1240. The number of aromatic nitrogens is 2. The summed E-state index contributed by atoms with van der Waals surface area (Å²) in [6.45, 7) is 2.17. The number of carbonyl (C=O) groups is 2. The predicted octanol–water partition coefficient (Wildman–Crippen LogP) is 4.06. The Morgan fingerprint density at radius 1 is 1.07 bits per heavy atom. The second kappa shape index (κ2) is 11.5. The second-order valence-electron chi connectivity index (χ2n) is 10.7. The highest BCUT2D eigenvalue weighted by Crippen LogP contribution is 2.37. The molecule has 0 unspecified atom stereocenters. The Morgan fingerprint density at radius 2 is 1.80 bits per heavy atom. The van der Waals surface area contributed by atoms with E-state index in [0.717, 1.165) is 57.7 Å². The van der Waals surface area contributed by atoms with Gasteiger partial charge in [-0.2, -0.15) is 4.98 Å². The van der Waals surface area contributed by atoms with E-state index in [4.69, 9.17) is 0 Å². The summed E-state index contributed by atoms with van der Waals surface area (Å²) in [5.41, 5.74) is 0.561. The summed E-state index contributed by atoms with van der Waals surface area (Å²) in [5, 5.41) is 5.75. The van der Waals surface area contributed by atoms with E-state index in [1.165, 1.54) is 23.2 Å². The van der Waals surface area contributed by atoms with Crippen molar-refractivity contribution >= 4 is 35.0 Å². The number of likely N-dealkylation sites (tertiary alicyclic amines) is 1. The molecule has 5 rings (SSSR count). The monoisotopic (exact) mass is 561 g/mol. The number of piperidine rings is 1. The van der Waals surface area contributed by atoms with Gasteiger partial charge in [-0.1, -0.05) is 12.8 Å². The molecule has 216 valence electrons. The standard InChI is InChI=1S/C27H34F3N7O3/c1-35-12-9-18(10-13-35)32-25(39)17-7-8-20(22(15-17)40-27(28,29)30)33-26-31-16-21-24(34-26)37(19-5-3-4-6-19)14-11-23(38)36(21)2/h7-8,15-16,18-19H,3-6,9-14H2,1-2H3,(H,32,39)(H,31,33,34). The van der Waals surface area contributed by atoms with Gasteiger partial charge in [-0.3, -0.25) is 9.59 Å². The van der Waals surface area contributed by atoms with Crippen LogP contribution >= 0.6 is 0 Å². The highest BCUT2D eigenvalue weighted by atomic mass is 19.4. The van der Waals surface area contributed by atoms with Crippen molar-refractivity contribution in [3.05, 3.63) is 30.0 Å². The van der Waals surface area contributed by atoms with Gasteiger partial charge in [0.25, 0.3) is 5.91 Å². The lowest BCUT2D eigenvalue weighted by molar-refractivity contribution is -0.274. The number of ether oxygens (including phenoxy) is 1. The number of hydrogen-bond acceptors (Lipinski definition) is 8. The number of benzene rings is 1. The van der Waals surface area contributed by atoms with Gasteiger partial charge in [-0.05, 0) is 64.0 Å². The van der Waals surface area contributed by atoms with Crippen LogP contribution in [0, 0.1) is 0 Å². The number of fused-ring (bicyclic) bond motifs is 1. The first-order chi connectivity index (χ1) is 19.1. The third kappa shape index (κ3) is 6.40. The topological polar surface area (TPSA) is 103 Å². The van der Waals surface area contributed by atoms with Gasteiger partial charge in [0.15, 0.2) is 11.6 Å². The van der Waals surface area contributed by atoms with E-state index in [0.29, 0.717) is 24.5 Å². The first-order valence-electron chi connectivity index (χ1n) is 13.6. The summed E-state index contributed by atoms with van der Waals surface area (Å²) in [7, 11) is 3.67. The molecule has 1 aromatic heterocycles. The Kier molecular flexibility index (Phi) is 8.02. The predicted molar refractivity (Wildman–Crippen MR) is 144 cm³/mol. The minimum absolute atomic E-state index is 0.0430. The van der Waals surface area contributed by atoms with Crippen molar-refractivity contribution in [3.63, 3.8) is 0 Å². The van der Waals surface area contributed by atoms with Gasteiger partial charge >= 0.3 is 6.36 Å². The van der Waals surface area contributed by atoms with Gasteiger partial charge in [-0.15, -0.1) is 13.2 Å². The number of carbonyl (C=O) groups excluding carboxylic acids is 2. The molecular formula is C27H34F3N7O3. The summed E-state index contributed by atoms with van der Waals surface area (Å²) in [4.78, 5) is 40.2. The van der Waals surface area contributed by atoms with Crippen LogP contribution < -0.4 is 25.2 Å². The Labute approximate surface area is 230 Å². The maximum Gasteiger partial charge on any atom is 0.573 e. The van der Waals surface area contributed by atoms with Gasteiger partial charge in [0.1, 0.15) is 5.69 Å². The molecule has 2 aliphatic heterocycles. The zero-order valence-corrected chi connectivity index (χ0v) is 22.6. The number of nitrogens with zero attached hydrogens (tertiary/aromatic N) is 5. The number of anilines is 4. The molecule has 2 N–H and O–H groups in total. The van der Waals surface area contributed by atoms with Crippen molar-refractivity contribution in [1.29, 1.82) is 0 Å². The highest BCUT2D eigenvalue weighted by molar-refractivity contribution is 5.97. The van der Waals surface area contributed by atoms with Crippen LogP contribution in [0.2, 0.25) is 0 Å². The molecule has 1 saturated heterocycles. The fourth-order valence-corrected chi connectivity index (χ4v) is 5.59. The molecule has 2 fully saturated rings. The SMILES string of the molecule is CN1CCC(NC(=O)c2ccc(Nc3ncc4c(n3)N(C3CCCC3)CCC(=O)N4C)c(OC(F)(F)F)c2)CC1. The average molecular weight is 562 g/mol. The van der Waals surface area contributed by atoms with Crippen LogP contribution in [0.4, 0.5) is 36.3 Å². The quantitative estimate of drug-likeness (QED) is 0.545. The number of hydrogen-bond donors (Lipinski definition) is 2. The molecule has 0 atom stereocenters. The number of amides is 2. The maximum atomic E-state index is 13.3. The third-order valence-electron chi connectivity index (χ3n) is 7.86. The van der Waals surface area contributed by atoms with E-state index in [2.05, 4.69) is 35.1 Å². The van der Waals surface area contributed by atoms with Gasteiger partial charge < -0.3 is 30.1 Å². The largest absolute Gasteiger partial charge is 0.573 e. The smallest absolute Gasteiger partial charge is 0.404 e. The van der Waals surface area contributed by atoms with Crippen LogP contribution in [0.25, 0.3) is 0 Å². The Hall–Kier alpha value is -3.61. The molecule has 13 heteroatoms. The van der Waals surface area contributed by atoms with Crippen molar-refractivity contribution in [2.45, 2.75) is 63.4 Å². The number of nitrogens with one attached hydrogen (secondary N) is 2. The van der Waals surface area contributed by atoms with Crippen LogP contribution in [0.5, 0.6) is 5.75 Å². The lowest BCUT2D eigenvalue weighted by Crippen LogP contribution is -2.43. The van der Waals surface area contributed by atoms with Crippen LogP contribution in [0.1, 0.15) is 55.3 Å². The zero-order valence-electron chi connectivity index (χ0n) is 22.6. The van der Waals surface area contributed by atoms with E-state index < -0.39 is 18.0 Å². The number of alkyl halides is 3. The van der Waals surface area contributed by atoms with Crippen molar-refractivity contribution in [2.24, 2.45) is 0 Å². The van der Waals surface area contributed by atoms with E-state index >= 15 is 0 Å². The van der Waals surface area contributed by atoms with E-state index in [1.54, 1.807) is 7.05 Å². The molecule has 0 spiro atoms. The molecule has 10 nitrogen and oxygen atoms in total. The van der Waals surface area contributed by atoms with Gasteiger partial charge in [-0.25, -0.2) is 4.98 Å². The van der Waals surface area contributed by atoms with Crippen LogP contribution in [0.3, 0.4) is 0 Å². The third-order valence-corrected chi connectivity index (χ3v) is 7.86. The van der Waals surface area contributed by atoms with Gasteiger partial charge in [0, 0.05) is 37.7 Å². The first kappa shape index (κ1) is 27.9. The van der Waals surface area contributed by atoms with E-state index in [1.807, 2.05) is 7.05 Å². The molecule has 1 saturated carbocycles. The first-order valence-corrected chi connectivity index (χ1v) is 13.6. The van der Waals surface area contributed by atoms with Crippen molar-refractivity contribution in [2.75, 3.05) is 48.8 Å². The lowest BCUT2D eigenvalue weighted by atomic mass is 10.0. The number of halogens is 3. The summed E-state index contributed by atoms with van der Waals surface area (Å²) in [6.07, 6.45) is 2.53. The second-order valence-corrected chi connectivity index (χ2v) is 10.7. The number of rotatable bonds is 6. The molecule has 3 aliphatic rings. The molecule has 2 aromatic rings. The van der Waals surface area contributed by atoms with Crippen LogP contribution in [-0.4, -0.2) is 78.9 Å². The molecule has 0 radical (unpaired) electrons. The molecule has 1 aromatic carbocycles. The molecular weight excluding hydrogens is 527 g/mol. The molecule has 0 bridgehead atoms. The summed E-state index contributed by atoms with van der Waals surface area (Å²) >= 11 is 0. The van der Waals surface area contributed by atoms with E-state index in [9.17, 15) is 22.8 Å². The Balaban J connectivity index is 1.41. The summed E-state index contributed by atoms with van der Waals surface area (Å²) in [6, 6.07) is 4.04. The maximum absolute atomic E-state index is 13.3. The van der Waals surface area contributed by atoms with Crippen LogP contribution in [0.15, 0.2) is 24.4 Å². The van der Waals surface area contributed by atoms with Gasteiger partial charge in [0.2, 0.25) is 11.9 Å². The molecule has 3 heterocycles. The van der Waals surface area contributed by atoms with E-state index in [-0.39, 0.29) is 35.2 Å². The van der Waals surface area contributed by atoms with Crippen LogP contribution in [-0.2, 0) is 4.79 Å². The Morgan fingerprint density at radius 3 is 2.50 bits per heavy atom. The molecule has 1 aliphatic carbocycles. The van der Waals surface area contributed by atoms with Crippen molar-refractivity contribution < 1.29 is 27.5 Å². The highest BCUT2D eigenvalue weighted by Gasteiger charge is 2.34.